The maximum absolute atomic E-state index is 14.9. The molecule has 3 aromatic heterocycles. The number of aliphatic hydroxyl groups excluding tert-OH is 1. The van der Waals surface area contributed by atoms with Crippen molar-refractivity contribution in [3.63, 3.8) is 0 Å². The van der Waals surface area contributed by atoms with Crippen molar-refractivity contribution in [3.8, 4) is 22.1 Å². The Morgan fingerprint density at radius 1 is 1.07 bits per heavy atom. The van der Waals surface area contributed by atoms with E-state index in [1.54, 1.807) is 29.6 Å². The molecule has 1 aromatic carbocycles. The minimum absolute atomic E-state index is 0.0476. The van der Waals surface area contributed by atoms with Crippen LogP contribution in [0.2, 0.25) is 0 Å². The van der Waals surface area contributed by atoms with Crippen molar-refractivity contribution in [1.29, 1.82) is 0 Å². The zero-order chi connectivity index (χ0) is 28.3. The fourth-order valence-corrected chi connectivity index (χ4v) is 5.70. The Labute approximate surface area is 239 Å². The van der Waals surface area contributed by atoms with E-state index in [-0.39, 0.29) is 23.7 Å². The Hall–Kier alpha value is -4.07. The number of fused-ring (bicyclic) bond motifs is 1. The molecule has 1 saturated heterocycles. The van der Waals surface area contributed by atoms with Gasteiger partial charge in [0.25, 0.3) is 0 Å². The van der Waals surface area contributed by atoms with Crippen LogP contribution in [0.3, 0.4) is 0 Å². The number of carbonyl (C=O) groups excluding carboxylic acids is 2. The Balaban J connectivity index is 1.09. The number of thiophene rings is 1. The van der Waals surface area contributed by atoms with E-state index in [2.05, 4.69) is 25.5 Å². The number of imidazole rings is 1. The molecule has 4 heterocycles. The third-order valence-corrected chi connectivity index (χ3v) is 8.28. The van der Waals surface area contributed by atoms with E-state index in [4.69, 9.17) is 9.84 Å². The normalized spacial score (nSPS) is 15.7. The predicted octanol–water partition coefficient (Wildman–Crippen LogP) is 3.51. The van der Waals surface area contributed by atoms with Crippen LogP contribution in [0.1, 0.15) is 12.8 Å². The third kappa shape index (κ3) is 6.47. The second-order valence-corrected chi connectivity index (χ2v) is 11.2. The Morgan fingerprint density at radius 2 is 1.90 bits per heavy atom. The number of urea groups is 1. The van der Waals surface area contributed by atoms with Crippen LogP contribution in [0.5, 0.6) is 11.5 Å². The molecule has 1 saturated carbocycles. The summed E-state index contributed by atoms with van der Waals surface area (Å²) in [4.78, 5) is 37.5. The summed E-state index contributed by atoms with van der Waals surface area (Å²) in [5.74, 6) is -0.279. The largest absolute Gasteiger partial charge is 0.453 e. The van der Waals surface area contributed by atoms with Gasteiger partial charge in [-0.05, 0) is 31.0 Å². The standard InChI is InChI=1S/C28H30FN7O4S/c29-20-13-19(33-28(39)32-18-1-2-18)3-4-23(20)40-24-5-6-30-21-14-25(41-27(21)24)22-15-35(17-31-22)8-7-34-9-11-36(12-10-34)26(38)16-37/h3-6,13-15,17-18,37H,1-2,7-12,16H2,(H2,32,33,39). The summed E-state index contributed by atoms with van der Waals surface area (Å²) in [5, 5.41) is 14.5. The molecule has 2 fully saturated rings. The zero-order valence-electron chi connectivity index (χ0n) is 22.3. The number of nitrogens with zero attached hydrogens (tertiary/aromatic N) is 5. The molecule has 3 N–H and O–H groups in total. The van der Waals surface area contributed by atoms with Crippen LogP contribution in [0.4, 0.5) is 14.9 Å². The molecule has 13 heteroatoms. The summed E-state index contributed by atoms with van der Waals surface area (Å²) in [6, 6.07) is 7.84. The first-order chi connectivity index (χ1) is 19.9. The molecule has 0 unspecified atom stereocenters. The fourth-order valence-electron chi connectivity index (χ4n) is 4.67. The monoisotopic (exact) mass is 579 g/mol. The Morgan fingerprint density at radius 3 is 2.66 bits per heavy atom. The van der Waals surface area contributed by atoms with Gasteiger partial charge in [0.2, 0.25) is 5.91 Å². The summed E-state index contributed by atoms with van der Waals surface area (Å²) in [5.41, 5.74) is 1.88. The van der Waals surface area contributed by atoms with Crippen molar-refractivity contribution in [2.75, 3.05) is 44.6 Å². The maximum Gasteiger partial charge on any atom is 0.319 e. The molecule has 0 atom stereocenters. The van der Waals surface area contributed by atoms with Gasteiger partial charge in [-0.1, -0.05) is 0 Å². The van der Waals surface area contributed by atoms with Gasteiger partial charge in [0.15, 0.2) is 11.6 Å². The highest BCUT2D eigenvalue weighted by molar-refractivity contribution is 7.22. The van der Waals surface area contributed by atoms with E-state index >= 15 is 0 Å². The van der Waals surface area contributed by atoms with Crippen LogP contribution >= 0.6 is 11.3 Å². The molecule has 0 radical (unpaired) electrons. The van der Waals surface area contributed by atoms with E-state index in [0.29, 0.717) is 24.5 Å². The van der Waals surface area contributed by atoms with Gasteiger partial charge in [-0.25, -0.2) is 14.2 Å². The highest BCUT2D eigenvalue weighted by atomic mass is 32.1. The van der Waals surface area contributed by atoms with Gasteiger partial charge < -0.3 is 29.9 Å². The topological polar surface area (TPSA) is 125 Å². The van der Waals surface area contributed by atoms with Crippen molar-refractivity contribution < 1.29 is 23.8 Å². The summed E-state index contributed by atoms with van der Waals surface area (Å²) < 4.78 is 23.6. The highest BCUT2D eigenvalue weighted by Crippen LogP contribution is 2.39. The lowest BCUT2D eigenvalue weighted by Crippen LogP contribution is -2.50. The molecular weight excluding hydrogens is 549 g/mol. The highest BCUT2D eigenvalue weighted by Gasteiger charge is 2.23. The number of halogens is 1. The SMILES string of the molecule is O=C(Nc1ccc(Oc2ccnc3cc(-c4cn(CCN5CCN(C(=O)CO)CC5)cn4)sc23)c(F)c1)NC1CC1. The molecule has 0 spiro atoms. The number of amides is 3. The van der Waals surface area contributed by atoms with Gasteiger partial charge in [0, 0.05) is 75.5 Å². The second kappa shape index (κ2) is 11.8. The number of hydrogen-bond acceptors (Lipinski definition) is 8. The number of rotatable bonds is 9. The van der Waals surface area contributed by atoms with Crippen molar-refractivity contribution >= 4 is 39.2 Å². The molecule has 1 aliphatic heterocycles. The van der Waals surface area contributed by atoms with Gasteiger partial charge in [-0.15, -0.1) is 11.3 Å². The predicted molar refractivity (Wildman–Crippen MR) is 153 cm³/mol. The lowest BCUT2D eigenvalue weighted by atomic mass is 10.3. The number of ether oxygens (including phenoxy) is 1. The van der Waals surface area contributed by atoms with Gasteiger partial charge in [0.05, 0.1) is 27.1 Å². The molecule has 214 valence electrons. The van der Waals surface area contributed by atoms with Gasteiger partial charge >= 0.3 is 6.03 Å². The molecular formula is C28H30FN7O4S. The van der Waals surface area contributed by atoms with E-state index in [9.17, 15) is 14.0 Å². The van der Waals surface area contributed by atoms with Crippen LogP contribution in [-0.2, 0) is 11.3 Å². The van der Waals surface area contributed by atoms with Crippen LogP contribution in [0.15, 0.2) is 49.1 Å². The average molecular weight is 580 g/mol. The molecule has 4 aromatic rings. The summed E-state index contributed by atoms with van der Waals surface area (Å²) in [7, 11) is 0. The number of carbonyl (C=O) groups is 2. The lowest BCUT2D eigenvalue weighted by molar-refractivity contribution is -0.135. The second-order valence-electron chi connectivity index (χ2n) is 10.1. The fraction of sp³-hybridized carbons (Fsp3) is 0.357. The molecule has 6 rings (SSSR count). The molecule has 41 heavy (non-hydrogen) atoms. The number of pyridine rings is 1. The number of nitrogens with one attached hydrogen (secondary N) is 2. The first kappa shape index (κ1) is 27.1. The number of aromatic nitrogens is 3. The Bertz CT molecular complexity index is 1560. The van der Waals surface area contributed by atoms with E-state index in [0.717, 1.165) is 59.8 Å². The number of hydrogen-bond donors (Lipinski definition) is 3. The van der Waals surface area contributed by atoms with Gasteiger partial charge in [0.1, 0.15) is 12.4 Å². The maximum atomic E-state index is 14.9. The first-order valence-corrected chi connectivity index (χ1v) is 14.3. The minimum Gasteiger partial charge on any atom is -0.453 e. The van der Waals surface area contributed by atoms with Crippen molar-refractivity contribution in [1.82, 2.24) is 29.7 Å². The molecule has 2 aliphatic rings. The van der Waals surface area contributed by atoms with Crippen LogP contribution in [0.25, 0.3) is 20.8 Å². The summed E-state index contributed by atoms with van der Waals surface area (Å²) >= 11 is 1.47. The average Bonchev–Trinajstić information content (AvgIpc) is 3.47. The van der Waals surface area contributed by atoms with Crippen LogP contribution < -0.4 is 15.4 Å². The minimum atomic E-state index is -0.587. The van der Waals surface area contributed by atoms with Crippen molar-refractivity contribution in [3.05, 3.63) is 54.9 Å². The van der Waals surface area contributed by atoms with E-state index in [1.165, 1.54) is 23.5 Å². The van der Waals surface area contributed by atoms with Crippen LogP contribution in [0, 0.1) is 5.82 Å². The lowest BCUT2D eigenvalue weighted by Gasteiger charge is -2.34. The molecule has 11 nitrogen and oxygen atoms in total. The Kier molecular flexibility index (Phi) is 7.81. The third-order valence-electron chi connectivity index (χ3n) is 7.12. The van der Waals surface area contributed by atoms with Gasteiger partial charge in [-0.2, -0.15) is 0 Å². The number of piperazine rings is 1. The first-order valence-electron chi connectivity index (χ1n) is 13.5. The van der Waals surface area contributed by atoms with E-state index < -0.39 is 12.4 Å². The zero-order valence-corrected chi connectivity index (χ0v) is 23.1. The smallest absolute Gasteiger partial charge is 0.319 e. The molecule has 0 bridgehead atoms. The number of anilines is 1. The van der Waals surface area contributed by atoms with Crippen LogP contribution in [-0.4, -0.2) is 86.8 Å². The summed E-state index contributed by atoms with van der Waals surface area (Å²) in [6.45, 7) is 3.93. The molecule has 1 aliphatic carbocycles. The number of aliphatic hydroxyl groups is 1. The molecule has 3 amide bonds. The number of benzene rings is 1. The van der Waals surface area contributed by atoms with Gasteiger partial charge in [-0.3, -0.25) is 14.7 Å². The van der Waals surface area contributed by atoms with Crippen molar-refractivity contribution in [2.24, 2.45) is 0 Å². The summed E-state index contributed by atoms with van der Waals surface area (Å²) in [6.07, 6.45) is 7.35. The van der Waals surface area contributed by atoms with Crippen molar-refractivity contribution in [2.45, 2.75) is 25.4 Å². The van der Waals surface area contributed by atoms with E-state index in [1.807, 2.05) is 16.8 Å². The quantitative estimate of drug-likeness (QED) is 0.277.